The number of esters is 3. The van der Waals surface area contributed by atoms with Crippen molar-refractivity contribution in [3.05, 3.63) is 23.8 Å². The monoisotopic (exact) mass is 620 g/mol. The molecule has 43 heavy (non-hydrogen) atoms. The molecule has 12 heteroatoms. The van der Waals surface area contributed by atoms with Crippen molar-refractivity contribution in [3.8, 4) is 0 Å². The normalized spacial score (nSPS) is 31.7. The van der Waals surface area contributed by atoms with Crippen molar-refractivity contribution < 1.29 is 33.3 Å². The zero-order valence-corrected chi connectivity index (χ0v) is 26.8. The molecule has 2 heterocycles. The fourth-order valence-electron chi connectivity index (χ4n) is 7.76. The average molecular weight is 621 g/mol. The largest absolute Gasteiger partial charge is 0.465 e. The molecule has 0 aromatic carbocycles. The van der Waals surface area contributed by atoms with Crippen LogP contribution in [0.4, 0.5) is 0 Å². The van der Waals surface area contributed by atoms with Gasteiger partial charge in [-0.2, -0.15) is 0 Å². The van der Waals surface area contributed by atoms with Gasteiger partial charge in [0, 0.05) is 45.4 Å². The number of hydrogen-bond acceptors (Lipinski definition) is 10. The fourth-order valence-corrected chi connectivity index (χ4v) is 7.92. The van der Waals surface area contributed by atoms with Gasteiger partial charge in [0.15, 0.2) is 5.11 Å². The Balaban J connectivity index is 1.49. The highest BCUT2D eigenvalue weighted by Gasteiger charge is 2.60. The number of fused-ring (bicyclic) bond motifs is 1. The molecule has 0 bridgehead atoms. The second-order valence-electron chi connectivity index (χ2n) is 12.8. The minimum Gasteiger partial charge on any atom is -0.465 e. The van der Waals surface area contributed by atoms with Crippen LogP contribution >= 0.6 is 12.2 Å². The molecule has 0 radical (unpaired) electrons. The lowest BCUT2D eigenvalue weighted by atomic mass is 9.46. The summed E-state index contributed by atoms with van der Waals surface area (Å²) in [5.74, 6) is -0.905. The summed E-state index contributed by atoms with van der Waals surface area (Å²) in [7, 11) is 0. The van der Waals surface area contributed by atoms with Crippen LogP contribution in [0.3, 0.4) is 0 Å². The number of carbonyl (C=O) groups excluding carboxylic acids is 3. The first-order valence-electron chi connectivity index (χ1n) is 15.4. The van der Waals surface area contributed by atoms with E-state index in [0.29, 0.717) is 30.1 Å². The summed E-state index contributed by atoms with van der Waals surface area (Å²) >= 11 is 5.55. The molecule has 0 aromatic heterocycles. The van der Waals surface area contributed by atoms with E-state index >= 15 is 0 Å². The van der Waals surface area contributed by atoms with Crippen molar-refractivity contribution in [3.63, 3.8) is 0 Å². The number of hydrazine groups is 1. The van der Waals surface area contributed by atoms with E-state index in [0.717, 1.165) is 57.7 Å². The maximum atomic E-state index is 12.7. The molecule has 11 nitrogen and oxygen atoms in total. The highest BCUT2D eigenvalue weighted by molar-refractivity contribution is 7.80. The minimum atomic E-state index is -0.567. The van der Waals surface area contributed by atoms with E-state index in [4.69, 9.17) is 31.2 Å². The first-order chi connectivity index (χ1) is 20.4. The van der Waals surface area contributed by atoms with E-state index in [-0.39, 0.29) is 60.5 Å². The Kier molecular flexibility index (Phi) is 11.2. The van der Waals surface area contributed by atoms with Gasteiger partial charge in [-0.3, -0.25) is 19.9 Å². The Bertz CT molecular complexity index is 1110. The van der Waals surface area contributed by atoms with Crippen LogP contribution in [0.5, 0.6) is 0 Å². The maximum Gasteiger partial charge on any atom is 0.335 e. The molecule has 0 unspecified atom stereocenters. The summed E-state index contributed by atoms with van der Waals surface area (Å²) in [6.07, 6.45) is 5.14. The van der Waals surface area contributed by atoms with Gasteiger partial charge in [-0.15, -0.1) is 0 Å². The van der Waals surface area contributed by atoms with Crippen LogP contribution in [0.1, 0.15) is 59.8 Å². The topological polar surface area (TPSA) is 127 Å². The second-order valence-corrected chi connectivity index (χ2v) is 13.2. The predicted molar refractivity (Wildman–Crippen MR) is 165 cm³/mol. The third-order valence-corrected chi connectivity index (χ3v) is 10.2. The van der Waals surface area contributed by atoms with E-state index in [2.05, 4.69) is 41.5 Å². The second kappa shape index (κ2) is 14.5. The first-order valence-corrected chi connectivity index (χ1v) is 15.8. The van der Waals surface area contributed by atoms with E-state index in [9.17, 15) is 14.4 Å². The van der Waals surface area contributed by atoms with Gasteiger partial charge in [-0.05, 0) is 67.6 Å². The average Bonchev–Trinajstić information content (AvgIpc) is 3.39. The lowest BCUT2D eigenvalue weighted by Crippen LogP contribution is -2.59. The van der Waals surface area contributed by atoms with Crippen molar-refractivity contribution >= 4 is 35.2 Å². The molecule has 0 spiro atoms. The van der Waals surface area contributed by atoms with Crippen LogP contribution in [-0.2, 0) is 33.3 Å². The highest BCUT2D eigenvalue weighted by atomic mass is 32.1. The van der Waals surface area contributed by atoms with Crippen molar-refractivity contribution in [2.45, 2.75) is 71.9 Å². The van der Waals surface area contributed by atoms with Gasteiger partial charge in [-0.25, -0.2) is 10.2 Å². The number of morpholine rings is 1. The summed E-state index contributed by atoms with van der Waals surface area (Å²) in [6.45, 7) is 16.9. The Morgan fingerprint density at radius 2 is 1.95 bits per heavy atom. The molecule has 240 valence electrons. The third kappa shape index (κ3) is 7.95. The number of cyclic esters (lactones) is 1. The van der Waals surface area contributed by atoms with E-state index in [1.54, 1.807) is 0 Å². The number of carbonyl (C=O) groups is 3. The fraction of sp³-hybridized carbons (Fsp3) is 0.742. The molecule has 3 fully saturated rings. The lowest BCUT2D eigenvalue weighted by Gasteiger charge is -2.60. The number of nitrogens with one attached hydrogen (secondary N) is 3. The standard InChI is InChI=1S/C31H48N4O7S/c1-20-6-7-26-30(4,10-8-27(42-22(3)37)31(26,5)19-41-21(2)36)24(20)18-25(23-9-15-40-28(23)38)33-34-29(43)32-11-12-35-13-16-39-17-14-35/h9,24-27,33H,1,6-8,10-19H2,2-5H3,(H2,32,34,43)/t24-,25+,26+,27-,30+,31+/m1/s1. The zero-order chi connectivity index (χ0) is 31.2. The van der Waals surface area contributed by atoms with Gasteiger partial charge in [0.2, 0.25) is 0 Å². The number of hydrogen-bond donors (Lipinski definition) is 3. The molecular weight excluding hydrogens is 572 g/mol. The van der Waals surface area contributed by atoms with Gasteiger partial charge in [0.05, 0.1) is 24.8 Å². The van der Waals surface area contributed by atoms with E-state index in [1.165, 1.54) is 13.8 Å². The molecule has 4 aliphatic rings. The van der Waals surface area contributed by atoms with Gasteiger partial charge in [0.25, 0.3) is 0 Å². The van der Waals surface area contributed by atoms with E-state index in [1.807, 2.05) is 6.08 Å². The number of allylic oxidation sites excluding steroid dienone is 1. The van der Waals surface area contributed by atoms with Crippen LogP contribution < -0.4 is 16.2 Å². The Morgan fingerprint density at radius 1 is 1.21 bits per heavy atom. The predicted octanol–water partition coefficient (Wildman–Crippen LogP) is 2.41. The Labute approximate surface area is 260 Å². The molecule has 4 rings (SSSR count). The van der Waals surface area contributed by atoms with Crippen LogP contribution in [0.25, 0.3) is 0 Å². The summed E-state index contributed by atoms with van der Waals surface area (Å²) in [5, 5.41) is 3.70. The summed E-state index contributed by atoms with van der Waals surface area (Å²) in [5.41, 5.74) is 7.33. The molecular formula is C31H48N4O7S. The molecule has 6 atom stereocenters. The third-order valence-electron chi connectivity index (χ3n) is 9.99. The zero-order valence-electron chi connectivity index (χ0n) is 26.0. The number of rotatable bonds is 11. The molecule has 1 saturated heterocycles. The molecule has 0 amide bonds. The van der Waals surface area contributed by atoms with Gasteiger partial charge < -0.3 is 24.3 Å². The first kappa shape index (κ1) is 33.4. The molecule has 0 aromatic rings. The molecule has 3 N–H and O–H groups in total. The SMILES string of the molecule is C=C1CC[C@@H]2[C@](C)(COC(C)=O)[C@H](OC(C)=O)CC[C@@]2(C)[C@@H]1C[C@H](NNC(=S)NCCN1CCOCC1)C1=CCOC1=O. The van der Waals surface area contributed by atoms with Crippen LogP contribution in [0.15, 0.2) is 23.8 Å². The smallest absolute Gasteiger partial charge is 0.335 e. The van der Waals surface area contributed by atoms with Crippen molar-refractivity contribution in [1.82, 2.24) is 21.1 Å². The van der Waals surface area contributed by atoms with Crippen LogP contribution in [0, 0.1) is 22.7 Å². The minimum absolute atomic E-state index is 0.0395. The quantitative estimate of drug-likeness (QED) is 0.103. The molecule has 2 saturated carbocycles. The van der Waals surface area contributed by atoms with Crippen molar-refractivity contribution in [1.29, 1.82) is 0 Å². The van der Waals surface area contributed by atoms with Crippen molar-refractivity contribution in [2.75, 3.05) is 52.6 Å². The van der Waals surface area contributed by atoms with Gasteiger partial charge in [-0.1, -0.05) is 26.0 Å². The Hall–Kier alpha value is -2.54. The van der Waals surface area contributed by atoms with Gasteiger partial charge in [0.1, 0.15) is 19.3 Å². The van der Waals surface area contributed by atoms with Gasteiger partial charge >= 0.3 is 17.9 Å². The Morgan fingerprint density at radius 3 is 2.60 bits per heavy atom. The lowest BCUT2D eigenvalue weighted by molar-refractivity contribution is -0.192. The van der Waals surface area contributed by atoms with Crippen molar-refractivity contribution in [2.24, 2.45) is 22.7 Å². The molecule has 2 aliphatic carbocycles. The number of thiocarbonyl (C=S) groups is 1. The number of ether oxygens (including phenoxy) is 4. The van der Waals surface area contributed by atoms with Crippen LogP contribution in [0.2, 0.25) is 0 Å². The maximum absolute atomic E-state index is 12.7. The summed E-state index contributed by atoms with van der Waals surface area (Å²) in [4.78, 5) is 39.0. The molecule has 2 aliphatic heterocycles. The summed E-state index contributed by atoms with van der Waals surface area (Å²) in [6, 6.07) is -0.378. The summed E-state index contributed by atoms with van der Waals surface area (Å²) < 4.78 is 22.1. The van der Waals surface area contributed by atoms with E-state index < -0.39 is 5.41 Å². The highest BCUT2D eigenvalue weighted by Crippen LogP contribution is 2.62. The van der Waals surface area contributed by atoms with Crippen LogP contribution in [-0.4, -0.2) is 92.7 Å². The number of nitrogens with zero attached hydrogens (tertiary/aromatic N) is 1.